The average Bonchev–Trinajstić information content (AvgIpc) is 3.01. The largest absolute Gasteiger partial charge is 0.328 e. The molecule has 4 nitrogen and oxygen atoms in total. The summed E-state index contributed by atoms with van der Waals surface area (Å²) in [6.07, 6.45) is 0.908. The van der Waals surface area contributed by atoms with E-state index in [4.69, 9.17) is 12.2 Å². The second-order valence-corrected chi connectivity index (χ2v) is 5.44. The summed E-state index contributed by atoms with van der Waals surface area (Å²) < 4.78 is 4.78. The molecule has 1 N–H and O–H groups in total. The number of rotatable bonds is 3. The van der Waals surface area contributed by atoms with Gasteiger partial charge >= 0.3 is 0 Å². The number of aromatic amines is 1. The number of imidazole rings is 1. The van der Waals surface area contributed by atoms with E-state index < -0.39 is 0 Å². The van der Waals surface area contributed by atoms with Crippen molar-refractivity contribution >= 4 is 34.7 Å². The molecule has 3 heterocycles. The fourth-order valence-electron chi connectivity index (χ4n) is 2.24. The van der Waals surface area contributed by atoms with Gasteiger partial charge in [0, 0.05) is 7.05 Å². The highest BCUT2D eigenvalue weighted by atomic mass is 32.1. The van der Waals surface area contributed by atoms with E-state index in [0.29, 0.717) is 0 Å². The summed E-state index contributed by atoms with van der Waals surface area (Å²) in [4.78, 5) is 3.28. The van der Waals surface area contributed by atoms with Gasteiger partial charge in [0.1, 0.15) is 5.52 Å². The molecule has 18 heavy (non-hydrogen) atoms. The van der Waals surface area contributed by atoms with Crippen molar-refractivity contribution in [3.05, 3.63) is 32.9 Å². The van der Waals surface area contributed by atoms with Crippen LogP contribution in [0.5, 0.6) is 0 Å². The number of nitrogens with zero attached hydrogens (tertiary/aromatic N) is 3. The van der Waals surface area contributed by atoms with Crippen molar-refractivity contribution in [3.8, 4) is 0 Å². The monoisotopic (exact) mass is 278 g/mol. The zero-order chi connectivity index (χ0) is 12.7. The third-order valence-corrected chi connectivity index (χ3v) is 4.13. The molecule has 0 aliphatic heterocycles. The lowest BCUT2D eigenvalue weighted by Crippen LogP contribution is -2.03. The molecular formula is C12H14N4S2. The molecule has 0 spiro atoms. The molecule has 3 aromatic heterocycles. The molecule has 0 saturated heterocycles. The van der Waals surface area contributed by atoms with Crippen LogP contribution in [0.25, 0.3) is 11.2 Å². The molecule has 0 unspecified atom stereocenters. The first-order chi connectivity index (χ1) is 8.70. The van der Waals surface area contributed by atoms with Crippen molar-refractivity contribution in [1.82, 2.24) is 19.3 Å². The quantitative estimate of drug-likeness (QED) is 0.748. The van der Waals surface area contributed by atoms with Crippen LogP contribution < -0.4 is 0 Å². The van der Waals surface area contributed by atoms with E-state index in [0.717, 1.165) is 34.6 Å². The van der Waals surface area contributed by atoms with E-state index in [1.807, 2.05) is 11.7 Å². The Bertz CT molecular complexity index is 730. The van der Waals surface area contributed by atoms with Gasteiger partial charge in [0.2, 0.25) is 0 Å². The number of aromatic nitrogens is 4. The Morgan fingerprint density at radius 1 is 1.50 bits per heavy atom. The van der Waals surface area contributed by atoms with Crippen molar-refractivity contribution in [1.29, 1.82) is 0 Å². The SMILES string of the molecule is CCc1nn(C)c2c1[nH]c(=S)n2Cc1ccsc1. The third kappa shape index (κ3) is 1.72. The Kier molecular flexibility index (Phi) is 2.83. The number of fused-ring (bicyclic) bond motifs is 1. The topological polar surface area (TPSA) is 38.5 Å². The lowest BCUT2D eigenvalue weighted by Gasteiger charge is -2.02. The van der Waals surface area contributed by atoms with Gasteiger partial charge in [-0.1, -0.05) is 6.92 Å². The van der Waals surface area contributed by atoms with E-state index in [1.165, 1.54) is 5.56 Å². The maximum Gasteiger partial charge on any atom is 0.179 e. The molecule has 0 fully saturated rings. The molecule has 0 radical (unpaired) electrons. The molecule has 0 atom stereocenters. The van der Waals surface area contributed by atoms with Crippen LogP contribution in [0.2, 0.25) is 0 Å². The van der Waals surface area contributed by atoms with Gasteiger partial charge in [-0.2, -0.15) is 16.4 Å². The Morgan fingerprint density at radius 3 is 3.00 bits per heavy atom. The minimum atomic E-state index is 0.763. The smallest absolute Gasteiger partial charge is 0.179 e. The lowest BCUT2D eigenvalue weighted by molar-refractivity contribution is 0.710. The fourth-order valence-corrected chi connectivity index (χ4v) is 3.15. The molecule has 0 saturated carbocycles. The molecule has 0 aliphatic carbocycles. The van der Waals surface area contributed by atoms with Gasteiger partial charge in [-0.25, -0.2) is 0 Å². The number of thiophene rings is 1. The summed E-state index contributed by atoms with van der Waals surface area (Å²) in [5.41, 5.74) is 4.49. The van der Waals surface area contributed by atoms with Crippen LogP contribution >= 0.6 is 23.6 Å². The minimum Gasteiger partial charge on any atom is -0.328 e. The first-order valence-corrected chi connectivity index (χ1v) is 7.21. The Morgan fingerprint density at radius 2 is 2.33 bits per heavy atom. The number of H-pyrrole nitrogens is 1. The Labute approximate surface area is 114 Å². The number of hydrogen-bond acceptors (Lipinski definition) is 3. The summed E-state index contributed by atoms with van der Waals surface area (Å²) in [5.74, 6) is 0. The van der Waals surface area contributed by atoms with Crippen molar-refractivity contribution in [2.75, 3.05) is 0 Å². The van der Waals surface area contributed by atoms with E-state index in [2.05, 4.69) is 38.4 Å². The van der Waals surface area contributed by atoms with Gasteiger partial charge in [-0.05, 0) is 41.0 Å². The van der Waals surface area contributed by atoms with Crippen molar-refractivity contribution < 1.29 is 0 Å². The van der Waals surface area contributed by atoms with Crippen LogP contribution in [0, 0.1) is 4.77 Å². The molecule has 3 aromatic rings. The molecule has 94 valence electrons. The zero-order valence-corrected chi connectivity index (χ0v) is 11.9. The highest BCUT2D eigenvalue weighted by Gasteiger charge is 2.14. The van der Waals surface area contributed by atoms with Gasteiger partial charge in [0.25, 0.3) is 0 Å². The number of nitrogens with one attached hydrogen (secondary N) is 1. The summed E-state index contributed by atoms with van der Waals surface area (Å²) in [6, 6.07) is 2.13. The molecule has 0 bridgehead atoms. The first kappa shape index (κ1) is 11.7. The summed E-state index contributed by atoms with van der Waals surface area (Å²) in [5, 5.41) is 8.76. The van der Waals surface area contributed by atoms with Crippen LogP contribution in [-0.2, 0) is 20.0 Å². The van der Waals surface area contributed by atoms with Crippen molar-refractivity contribution in [2.45, 2.75) is 19.9 Å². The van der Waals surface area contributed by atoms with Crippen LogP contribution in [0.4, 0.5) is 0 Å². The highest BCUT2D eigenvalue weighted by Crippen LogP contribution is 2.20. The van der Waals surface area contributed by atoms with Gasteiger partial charge in [-0.15, -0.1) is 0 Å². The number of aryl methyl sites for hydroxylation is 2. The van der Waals surface area contributed by atoms with Crippen LogP contribution in [-0.4, -0.2) is 19.3 Å². The molecule has 0 aliphatic rings. The normalized spacial score (nSPS) is 11.4. The average molecular weight is 278 g/mol. The van der Waals surface area contributed by atoms with E-state index in [9.17, 15) is 0 Å². The van der Waals surface area contributed by atoms with Crippen molar-refractivity contribution in [3.63, 3.8) is 0 Å². The van der Waals surface area contributed by atoms with E-state index >= 15 is 0 Å². The van der Waals surface area contributed by atoms with E-state index in [-0.39, 0.29) is 0 Å². The van der Waals surface area contributed by atoms with Crippen LogP contribution in [0.15, 0.2) is 16.8 Å². The fraction of sp³-hybridized carbons (Fsp3) is 0.333. The first-order valence-electron chi connectivity index (χ1n) is 5.86. The van der Waals surface area contributed by atoms with Gasteiger partial charge in [0.05, 0.1) is 12.2 Å². The van der Waals surface area contributed by atoms with Gasteiger partial charge in [0.15, 0.2) is 10.4 Å². The second kappa shape index (κ2) is 4.37. The minimum absolute atomic E-state index is 0.763. The van der Waals surface area contributed by atoms with Gasteiger partial charge < -0.3 is 4.98 Å². The maximum absolute atomic E-state index is 5.42. The predicted octanol–water partition coefficient (Wildman–Crippen LogP) is 3.10. The molecule has 6 heteroatoms. The third-order valence-electron chi connectivity index (χ3n) is 3.08. The highest BCUT2D eigenvalue weighted by molar-refractivity contribution is 7.71. The Balaban J connectivity index is 2.19. The van der Waals surface area contributed by atoms with Crippen molar-refractivity contribution in [2.24, 2.45) is 7.05 Å². The predicted molar refractivity (Wildman–Crippen MR) is 76.7 cm³/mol. The van der Waals surface area contributed by atoms with Crippen LogP contribution in [0.3, 0.4) is 0 Å². The molecule has 0 amide bonds. The zero-order valence-electron chi connectivity index (χ0n) is 10.3. The summed E-state index contributed by atoms with van der Waals surface area (Å²) in [7, 11) is 1.97. The standard InChI is InChI=1S/C12H14N4S2/c1-3-9-10-11(15(2)14-9)16(12(17)13-10)6-8-4-5-18-7-8/h4-5,7H,3,6H2,1-2H3,(H,13,17). The lowest BCUT2D eigenvalue weighted by atomic mass is 10.3. The number of hydrogen-bond donors (Lipinski definition) is 1. The van der Waals surface area contributed by atoms with Crippen LogP contribution in [0.1, 0.15) is 18.2 Å². The molecular weight excluding hydrogens is 264 g/mol. The molecule has 0 aromatic carbocycles. The summed E-state index contributed by atoms with van der Waals surface area (Å²) in [6.45, 7) is 2.90. The molecule has 3 rings (SSSR count). The Hall–Kier alpha value is -1.40. The second-order valence-electron chi connectivity index (χ2n) is 4.27. The van der Waals surface area contributed by atoms with E-state index in [1.54, 1.807) is 11.3 Å². The maximum atomic E-state index is 5.42. The summed E-state index contributed by atoms with van der Waals surface area (Å²) >= 11 is 7.12. The van der Waals surface area contributed by atoms with Gasteiger partial charge in [-0.3, -0.25) is 9.25 Å².